The predicted octanol–water partition coefficient (Wildman–Crippen LogP) is 2.42. The first kappa shape index (κ1) is 21.7. The number of carbonyl (C=O) groups excluding carboxylic acids is 1. The monoisotopic (exact) mass is 442 g/mol. The van der Waals surface area contributed by atoms with Gasteiger partial charge >= 0.3 is 0 Å². The minimum absolute atomic E-state index is 0.0311. The Morgan fingerprint density at radius 1 is 1.31 bits per heavy atom. The highest BCUT2D eigenvalue weighted by atomic mass is 35.5. The van der Waals surface area contributed by atoms with Gasteiger partial charge in [-0.1, -0.05) is 17.7 Å². The molecule has 1 aliphatic rings. The number of amides is 1. The van der Waals surface area contributed by atoms with E-state index in [1.807, 2.05) is 0 Å². The lowest BCUT2D eigenvalue weighted by molar-refractivity contribution is 0.0583. The Balaban J connectivity index is 1.88. The van der Waals surface area contributed by atoms with Crippen molar-refractivity contribution in [2.24, 2.45) is 0 Å². The molecule has 0 aliphatic carbocycles. The number of aryl methyl sites for hydroxylation is 1. The summed E-state index contributed by atoms with van der Waals surface area (Å²) < 4.78 is 45.8. The van der Waals surface area contributed by atoms with Gasteiger partial charge in [-0.25, -0.2) is 12.8 Å². The zero-order valence-corrected chi connectivity index (χ0v) is 17.1. The molecule has 1 saturated heterocycles. The number of benzene rings is 2. The lowest BCUT2D eigenvalue weighted by Crippen LogP contribution is -2.38. The number of hydrogen-bond acceptors (Lipinski definition) is 5. The molecule has 2 aromatic rings. The fourth-order valence-corrected chi connectivity index (χ4v) is 4.81. The van der Waals surface area contributed by atoms with Gasteiger partial charge in [-0.05, 0) is 42.8 Å². The molecular weight excluding hydrogens is 423 g/mol. The van der Waals surface area contributed by atoms with Gasteiger partial charge in [0.1, 0.15) is 5.82 Å². The second-order valence-corrected chi connectivity index (χ2v) is 8.97. The van der Waals surface area contributed by atoms with Crippen LogP contribution in [0.1, 0.15) is 15.9 Å². The van der Waals surface area contributed by atoms with Crippen LogP contribution in [0, 0.1) is 12.7 Å². The highest BCUT2D eigenvalue weighted by Gasteiger charge is 2.30. The van der Waals surface area contributed by atoms with Crippen molar-refractivity contribution < 1.29 is 27.4 Å². The third-order valence-electron chi connectivity index (χ3n) is 4.46. The van der Waals surface area contributed by atoms with E-state index < -0.39 is 27.9 Å². The van der Waals surface area contributed by atoms with Crippen LogP contribution in [0.5, 0.6) is 0 Å². The number of nitrogens with one attached hydrogen (secondary N) is 1. The first-order chi connectivity index (χ1) is 13.7. The standard InChI is InChI=1S/C19H20ClFN2O5S/c1-12-2-3-13(19(25)22-14-4-5-17(21)16(20)9-14)8-18(12)29(26,27)23-6-7-28-11-15(24)10-23/h2-5,8-9,15,24H,6-7,10-11H2,1H3,(H,22,25)/t15-/m1/s1. The van der Waals surface area contributed by atoms with E-state index in [0.29, 0.717) is 5.56 Å². The van der Waals surface area contributed by atoms with Crippen LogP contribution in [0.15, 0.2) is 41.3 Å². The van der Waals surface area contributed by atoms with Gasteiger partial charge in [-0.2, -0.15) is 4.31 Å². The van der Waals surface area contributed by atoms with Crippen molar-refractivity contribution in [2.45, 2.75) is 17.9 Å². The van der Waals surface area contributed by atoms with E-state index in [1.165, 1.54) is 30.3 Å². The number of aliphatic hydroxyl groups is 1. The van der Waals surface area contributed by atoms with Gasteiger partial charge in [0.05, 0.1) is 29.2 Å². The average Bonchev–Trinajstić information content (AvgIpc) is 2.90. The molecule has 10 heteroatoms. The smallest absolute Gasteiger partial charge is 0.255 e. The first-order valence-corrected chi connectivity index (χ1v) is 10.6. The van der Waals surface area contributed by atoms with Crippen LogP contribution < -0.4 is 5.32 Å². The van der Waals surface area contributed by atoms with Crippen LogP contribution in [-0.4, -0.2) is 56.1 Å². The summed E-state index contributed by atoms with van der Waals surface area (Å²) in [5.41, 5.74) is 0.853. The molecule has 1 atom stereocenters. The Morgan fingerprint density at radius 2 is 2.07 bits per heavy atom. The third kappa shape index (κ3) is 4.93. The van der Waals surface area contributed by atoms with Crippen LogP contribution in [0.25, 0.3) is 0 Å². The van der Waals surface area contributed by atoms with E-state index in [2.05, 4.69) is 5.32 Å². The summed E-state index contributed by atoms with van der Waals surface area (Å²) in [5.74, 6) is -1.18. The molecule has 0 saturated carbocycles. The average molecular weight is 443 g/mol. The number of nitrogens with zero attached hydrogens (tertiary/aromatic N) is 1. The van der Waals surface area contributed by atoms with E-state index in [1.54, 1.807) is 6.92 Å². The van der Waals surface area contributed by atoms with E-state index in [-0.39, 0.29) is 47.5 Å². The molecule has 2 aromatic carbocycles. The van der Waals surface area contributed by atoms with Crippen LogP contribution in [0.4, 0.5) is 10.1 Å². The Kier molecular flexibility index (Phi) is 6.55. The number of hydrogen-bond donors (Lipinski definition) is 2. The number of sulfonamides is 1. The molecule has 0 aromatic heterocycles. The molecule has 29 heavy (non-hydrogen) atoms. The minimum atomic E-state index is -3.95. The lowest BCUT2D eigenvalue weighted by atomic mass is 10.1. The Bertz CT molecular complexity index is 1030. The van der Waals surface area contributed by atoms with Gasteiger partial charge in [0.25, 0.3) is 5.91 Å². The molecule has 0 spiro atoms. The normalized spacial score (nSPS) is 18.3. The molecule has 1 aliphatic heterocycles. The van der Waals surface area contributed by atoms with Crippen molar-refractivity contribution in [3.63, 3.8) is 0 Å². The Hall–Kier alpha value is -2.04. The van der Waals surface area contributed by atoms with Gasteiger partial charge in [-0.3, -0.25) is 4.79 Å². The van der Waals surface area contributed by atoms with Crippen LogP contribution in [0.3, 0.4) is 0 Å². The third-order valence-corrected chi connectivity index (χ3v) is 6.75. The maximum atomic E-state index is 13.3. The molecule has 156 valence electrons. The molecule has 0 unspecified atom stereocenters. The SMILES string of the molecule is Cc1ccc(C(=O)Nc2ccc(F)c(Cl)c2)cc1S(=O)(=O)N1CCOC[C@H](O)C1. The largest absolute Gasteiger partial charge is 0.389 e. The molecule has 1 amide bonds. The van der Waals surface area contributed by atoms with Gasteiger partial charge in [-0.15, -0.1) is 0 Å². The molecule has 7 nitrogen and oxygen atoms in total. The Morgan fingerprint density at radius 3 is 2.79 bits per heavy atom. The fourth-order valence-electron chi connectivity index (χ4n) is 2.92. The van der Waals surface area contributed by atoms with Gasteiger partial charge < -0.3 is 15.2 Å². The van der Waals surface area contributed by atoms with E-state index in [0.717, 1.165) is 10.4 Å². The number of aliphatic hydroxyl groups excluding tert-OH is 1. The molecule has 1 fully saturated rings. The molecule has 1 heterocycles. The summed E-state index contributed by atoms with van der Waals surface area (Å²) in [5, 5.41) is 12.3. The second kappa shape index (κ2) is 8.76. The van der Waals surface area contributed by atoms with E-state index in [4.69, 9.17) is 16.3 Å². The van der Waals surface area contributed by atoms with Gasteiger partial charge in [0.15, 0.2) is 0 Å². The van der Waals surface area contributed by atoms with Crippen molar-refractivity contribution in [1.29, 1.82) is 0 Å². The first-order valence-electron chi connectivity index (χ1n) is 8.81. The van der Waals surface area contributed by atoms with Crippen molar-refractivity contribution >= 4 is 33.2 Å². The fraction of sp³-hybridized carbons (Fsp3) is 0.316. The number of β-amino-alcohol motifs (C(OH)–C–C–N with tert-alkyl or cyclic N) is 1. The summed E-state index contributed by atoms with van der Waals surface area (Å²) in [6.07, 6.45) is -0.928. The summed E-state index contributed by atoms with van der Waals surface area (Å²) in [6.45, 7) is 1.86. The summed E-state index contributed by atoms with van der Waals surface area (Å²) in [4.78, 5) is 12.5. The van der Waals surface area contributed by atoms with Crippen molar-refractivity contribution in [2.75, 3.05) is 31.6 Å². The van der Waals surface area contributed by atoms with Crippen molar-refractivity contribution in [1.82, 2.24) is 4.31 Å². The van der Waals surface area contributed by atoms with Crippen LogP contribution >= 0.6 is 11.6 Å². The quantitative estimate of drug-likeness (QED) is 0.758. The molecule has 3 rings (SSSR count). The molecule has 0 radical (unpaired) electrons. The van der Waals surface area contributed by atoms with Crippen molar-refractivity contribution in [3.05, 3.63) is 58.4 Å². The lowest BCUT2D eigenvalue weighted by Gasteiger charge is -2.22. The summed E-state index contributed by atoms with van der Waals surface area (Å²) in [6, 6.07) is 8.04. The zero-order valence-electron chi connectivity index (χ0n) is 15.6. The minimum Gasteiger partial charge on any atom is -0.389 e. The van der Waals surface area contributed by atoms with Crippen LogP contribution in [-0.2, 0) is 14.8 Å². The maximum Gasteiger partial charge on any atom is 0.255 e. The second-order valence-electron chi connectivity index (χ2n) is 6.66. The number of anilines is 1. The molecule has 0 bridgehead atoms. The zero-order chi connectivity index (χ0) is 21.2. The number of carbonyl (C=O) groups is 1. The number of ether oxygens (including phenoxy) is 1. The van der Waals surface area contributed by atoms with Crippen molar-refractivity contribution in [3.8, 4) is 0 Å². The summed E-state index contributed by atoms with van der Waals surface area (Å²) in [7, 11) is -3.95. The van der Waals surface area contributed by atoms with Gasteiger partial charge in [0.2, 0.25) is 10.0 Å². The highest BCUT2D eigenvalue weighted by molar-refractivity contribution is 7.89. The topological polar surface area (TPSA) is 95.9 Å². The van der Waals surface area contributed by atoms with Crippen LogP contribution in [0.2, 0.25) is 5.02 Å². The van der Waals surface area contributed by atoms with E-state index >= 15 is 0 Å². The van der Waals surface area contributed by atoms with E-state index in [9.17, 15) is 22.7 Å². The number of halogens is 2. The number of rotatable bonds is 4. The Labute approximate surface area is 173 Å². The van der Waals surface area contributed by atoms with Gasteiger partial charge in [0, 0.05) is 24.3 Å². The molecular formula is C19H20ClFN2O5S. The maximum absolute atomic E-state index is 13.3. The molecule has 2 N–H and O–H groups in total. The highest BCUT2D eigenvalue weighted by Crippen LogP contribution is 2.24. The predicted molar refractivity (Wildman–Crippen MR) is 106 cm³/mol. The summed E-state index contributed by atoms with van der Waals surface area (Å²) >= 11 is 5.72.